The summed E-state index contributed by atoms with van der Waals surface area (Å²) in [6, 6.07) is 3.29. The van der Waals surface area contributed by atoms with Crippen LogP contribution in [-0.4, -0.2) is 48.8 Å². The van der Waals surface area contributed by atoms with Gasteiger partial charge in [-0.15, -0.1) is 0 Å². The number of rotatable bonds is 5. The van der Waals surface area contributed by atoms with Gasteiger partial charge in [-0.3, -0.25) is 14.0 Å². The molecular formula is C18H19N3O5S2. The Morgan fingerprint density at radius 1 is 1.39 bits per heavy atom. The van der Waals surface area contributed by atoms with Crippen molar-refractivity contribution in [2.75, 3.05) is 27.4 Å². The molecule has 1 aromatic carbocycles. The van der Waals surface area contributed by atoms with Crippen molar-refractivity contribution >= 4 is 46.0 Å². The zero-order valence-electron chi connectivity index (χ0n) is 15.4. The molecule has 10 heteroatoms. The number of nitrogens with zero attached hydrogens (tertiary/aromatic N) is 1. The SMILES string of the molecule is COc1cc2c(=O)[nH]c3c(C(=O)NCC4CCCO4)sc(=S)n3c2cc1OC. The van der Waals surface area contributed by atoms with Gasteiger partial charge in [0.15, 0.2) is 15.5 Å². The molecule has 2 aromatic heterocycles. The number of nitrogens with one attached hydrogen (secondary N) is 2. The van der Waals surface area contributed by atoms with Gasteiger partial charge in [-0.05, 0) is 31.1 Å². The van der Waals surface area contributed by atoms with Gasteiger partial charge < -0.3 is 24.5 Å². The van der Waals surface area contributed by atoms with E-state index in [-0.39, 0.29) is 17.6 Å². The van der Waals surface area contributed by atoms with Crippen LogP contribution in [0.4, 0.5) is 0 Å². The second-order valence-corrected chi connectivity index (χ2v) is 8.05. The minimum atomic E-state index is -0.336. The molecule has 3 aromatic rings. The molecule has 1 unspecified atom stereocenters. The molecule has 4 rings (SSSR count). The number of thiazole rings is 1. The summed E-state index contributed by atoms with van der Waals surface area (Å²) < 4.78 is 18.3. The second kappa shape index (κ2) is 7.53. The highest BCUT2D eigenvalue weighted by molar-refractivity contribution is 7.73. The first kappa shape index (κ1) is 18.9. The summed E-state index contributed by atoms with van der Waals surface area (Å²) in [6.07, 6.45) is 1.96. The molecular weight excluding hydrogens is 402 g/mol. The van der Waals surface area contributed by atoms with E-state index in [1.54, 1.807) is 16.5 Å². The minimum Gasteiger partial charge on any atom is -0.493 e. The predicted molar refractivity (Wildman–Crippen MR) is 109 cm³/mol. The lowest BCUT2D eigenvalue weighted by molar-refractivity contribution is 0.0862. The maximum Gasteiger partial charge on any atom is 0.265 e. The molecule has 0 saturated carbocycles. The van der Waals surface area contributed by atoms with E-state index in [2.05, 4.69) is 10.3 Å². The number of benzene rings is 1. The van der Waals surface area contributed by atoms with E-state index in [9.17, 15) is 9.59 Å². The molecule has 0 aliphatic carbocycles. The lowest BCUT2D eigenvalue weighted by Gasteiger charge is -2.11. The Morgan fingerprint density at radius 3 is 2.82 bits per heavy atom. The van der Waals surface area contributed by atoms with Gasteiger partial charge in [0.1, 0.15) is 10.5 Å². The third-order valence-corrected chi connectivity index (χ3v) is 6.12. The van der Waals surface area contributed by atoms with E-state index in [1.807, 2.05) is 0 Å². The zero-order valence-corrected chi connectivity index (χ0v) is 17.0. The standard InChI is InChI=1S/C18H19N3O5S2/c1-24-12-6-10-11(7-13(12)25-2)21-15(20-16(10)22)14(28-18(21)27)17(23)19-8-9-4-3-5-26-9/h6-7,9H,3-5,8H2,1-2H3,(H,19,23)(H,20,22). The Hall–Kier alpha value is -2.43. The van der Waals surface area contributed by atoms with Crippen LogP contribution in [0, 0.1) is 3.95 Å². The van der Waals surface area contributed by atoms with Crippen molar-refractivity contribution in [1.29, 1.82) is 0 Å². The smallest absolute Gasteiger partial charge is 0.265 e. The molecule has 1 fully saturated rings. The zero-order chi connectivity index (χ0) is 19.8. The van der Waals surface area contributed by atoms with Crippen molar-refractivity contribution in [2.24, 2.45) is 0 Å². The monoisotopic (exact) mass is 421 g/mol. The third kappa shape index (κ3) is 3.17. The molecule has 0 radical (unpaired) electrons. The third-order valence-electron chi connectivity index (χ3n) is 4.75. The molecule has 1 saturated heterocycles. The first-order valence-corrected chi connectivity index (χ1v) is 9.99. The van der Waals surface area contributed by atoms with Gasteiger partial charge in [0.2, 0.25) is 0 Å². The number of hydrogen-bond acceptors (Lipinski definition) is 7. The Morgan fingerprint density at radius 2 is 2.14 bits per heavy atom. The van der Waals surface area contributed by atoms with Crippen molar-refractivity contribution in [3.05, 3.63) is 31.3 Å². The maximum atomic E-state index is 12.7. The molecule has 1 amide bonds. The number of carbonyl (C=O) groups is 1. The fraction of sp³-hybridized carbons (Fsp3) is 0.389. The van der Waals surface area contributed by atoms with Crippen LogP contribution >= 0.6 is 23.6 Å². The lowest BCUT2D eigenvalue weighted by atomic mass is 10.2. The van der Waals surface area contributed by atoms with Gasteiger partial charge in [-0.1, -0.05) is 11.3 Å². The van der Waals surface area contributed by atoms with Gasteiger partial charge in [0.05, 0.1) is 31.2 Å². The summed E-state index contributed by atoms with van der Waals surface area (Å²) in [5.41, 5.74) is 0.581. The number of aromatic amines is 1. The minimum absolute atomic E-state index is 0.0300. The molecule has 1 atom stereocenters. The van der Waals surface area contributed by atoms with Crippen molar-refractivity contribution in [3.8, 4) is 11.5 Å². The number of hydrogen-bond donors (Lipinski definition) is 2. The Bertz CT molecular complexity index is 1170. The molecule has 28 heavy (non-hydrogen) atoms. The van der Waals surface area contributed by atoms with Crippen LogP contribution < -0.4 is 20.3 Å². The molecule has 2 N–H and O–H groups in total. The van der Waals surface area contributed by atoms with Gasteiger partial charge in [-0.25, -0.2) is 0 Å². The number of carbonyl (C=O) groups excluding carboxylic acids is 1. The number of methoxy groups -OCH3 is 2. The van der Waals surface area contributed by atoms with Crippen LogP contribution in [0.2, 0.25) is 0 Å². The molecule has 8 nitrogen and oxygen atoms in total. The van der Waals surface area contributed by atoms with E-state index in [1.165, 1.54) is 14.2 Å². The molecule has 148 valence electrons. The average Bonchev–Trinajstić information content (AvgIpc) is 3.33. The van der Waals surface area contributed by atoms with Gasteiger partial charge in [-0.2, -0.15) is 0 Å². The van der Waals surface area contributed by atoms with E-state index in [0.29, 0.717) is 43.4 Å². The summed E-state index contributed by atoms with van der Waals surface area (Å²) in [7, 11) is 3.02. The largest absolute Gasteiger partial charge is 0.493 e. The Balaban J connectivity index is 1.83. The van der Waals surface area contributed by atoms with E-state index >= 15 is 0 Å². The van der Waals surface area contributed by atoms with E-state index in [4.69, 9.17) is 26.4 Å². The highest BCUT2D eigenvalue weighted by atomic mass is 32.1. The number of ether oxygens (including phenoxy) is 3. The van der Waals surface area contributed by atoms with E-state index < -0.39 is 0 Å². The number of H-pyrrole nitrogens is 1. The second-order valence-electron chi connectivity index (χ2n) is 6.40. The topological polar surface area (TPSA) is 94.1 Å². The number of fused-ring (bicyclic) bond motifs is 3. The van der Waals surface area contributed by atoms with E-state index in [0.717, 1.165) is 30.8 Å². The van der Waals surface area contributed by atoms with Gasteiger partial charge in [0.25, 0.3) is 11.5 Å². The van der Waals surface area contributed by atoms with Gasteiger partial charge >= 0.3 is 0 Å². The average molecular weight is 422 g/mol. The predicted octanol–water partition coefficient (Wildman–Crippen LogP) is 2.50. The van der Waals surface area contributed by atoms with Crippen LogP contribution in [0.25, 0.3) is 16.6 Å². The summed E-state index contributed by atoms with van der Waals surface area (Å²) in [4.78, 5) is 28.5. The lowest BCUT2D eigenvalue weighted by Crippen LogP contribution is -2.31. The molecule has 1 aliphatic rings. The van der Waals surface area contributed by atoms with Crippen LogP contribution in [0.15, 0.2) is 16.9 Å². The van der Waals surface area contributed by atoms with Crippen molar-refractivity contribution < 1.29 is 19.0 Å². The first-order valence-electron chi connectivity index (χ1n) is 8.77. The van der Waals surface area contributed by atoms with Crippen LogP contribution in [-0.2, 0) is 4.74 Å². The van der Waals surface area contributed by atoms with Crippen LogP contribution in [0.3, 0.4) is 0 Å². The van der Waals surface area contributed by atoms with Crippen molar-refractivity contribution in [1.82, 2.24) is 14.7 Å². The summed E-state index contributed by atoms with van der Waals surface area (Å²) >= 11 is 6.63. The summed E-state index contributed by atoms with van der Waals surface area (Å²) in [6.45, 7) is 1.15. The maximum absolute atomic E-state index is 12.7. The summed E-state index contributed by atoms with van der Waals surface area (Å²) in [5, 5.41) is 3.27. The highest BCUT2D eigenvalue weighted by Gasteiger charge is 2.21. The first-order chi connectivity index (χ1) is 13.5. The molecule has 0 spiro atoms. The fourth-order valence-electron chi connectivity index (χ4n) is 3.36. The van der Waals surface area contributed by atoms with Crippen molar-refractivity contribution in [2.45, 2.75) is 18.9 Å². The van der Waals surface area contributed by atoms with Gasteiger partial charge in [0, 0.05) is 19.2 Å². The normalized spacial score (nSPS) is 16.6. The Labute approximate surface area is 169 Å². The van der Waals surface area contributed by atoms with Crippen LogP contribution in [0.1, 0.15) is 22.5 Å². The highest BCUT2D eigenvalue weighted by Crippen LogP contribution is 2.32. The summed E-state index contributed by atoms with van der Waals surface area (Å²) in [5.74, 6) is 0.625. The molecule has 3 heterocycles. The van der Waals surface area contributed by atoms with Crippen LogP contribution in [0.5, 0.6) is 11.5 Å². The molecule has 0 bridgehead atoms. The quantitative estimate of drug-likeness (QED) is 0.615. The Kier molecular flexibility index (Phi) is 5.09. The fourth-order valence-corrected chi connectivity index (χ4v) is 4.66. The number of amides is 1. The van der Waals surface area contributed by atoms with Crippen molar-refractivity contribution in [3.63, 3.8) is 0 Å². The molecule has 1 aliphatic heterocycles. The number of aromatic nitrogens is 2.